The maximum Gasteiger partial charge on any atom is 0.119 e. The molecule has 3 heterocycles. The standard InChI is InChI=1S/C31H37N3O/c1-35-29-15-11-26(12-16-29)32-27-18-22-34-21-17-24-7-3-4-8-30(24)31(34,23-27)25-9-13-28(14-10-25)33-19-5-2-6-20-33/h3-4,7-16,27,32H,2,5-6,17-23H2,1H3. The fourth-order valence-corrected chi connectivity index (χ4v) is 6.67. The molecule has 2 atom stereocenters. The normalized spacial score (nSPS) is 24.4. The first-order valence-electron chi connectivity index (χ1n) is 13.4. The van der Waals surface area contributed by atoms with E-state index in [-0.39, 0.29) is 5.54 Å². The molecule has 2 saturated heterocycles. The highest BCUT2D eigenvalue weighted by Gasteiger charge is 2.47. The molecule has 0 radical (unpaired) electrons. The van der Waals surface area contributed by atoms with E-state index in [1.54, 1.807) is 7.11 Å². The molecule has 0 amide bonds. The minimum Gasteiger partial charge on any atom is -0.497 e. The number of hydrogen-bond acceptors (Lipinski definition) is 4. The second-order valence-corrected chi connectivity index (χ2v) is 10.4. The van der Waals surface area contributed by atoms with Crippen LogP contribution in [0.2, 0.25) is 0 Å². The van der Waals surface area contributed by atoms with Crippen LogP contribution in [0.15, 0.2) is 72.8 Å². The van der Waals surface area contributed by atoms with Gasteiger partial charge < -0.3 is 15.0 Å². The zero-order chi connectivity index (χ0) is 23.7. The van der Waals surface area contributed by atoms with Crippen LogP contribution in [-0.4, -0.2) is 44.2 Å². The van der Waals surface area contributed by atoms with Crippen LogP contribution in [0.1, 0.15) is 48.8 Å². The Morgan fingerprint density at radius 3 is 2.37 bits per heavy atom. The molecule has 3 aliphatic rings. The monoisotopic (exact) mass is 467 g/mol. The number of piperidine rings is 2. The van der Waals surface area contributed by atoms with E-state index in [2.05, 4.69) is 75.8 Å². The second kappa shape index (κ2) is 9.58. The third-order valence-electron chi connectivity index (χ3n) is 8.47. The van der Waals surface area contributed by atoms with E-state index in [1.165, 1.54) is 60.4 Å². The molecule has 0 bridgehead atoms. The Kier molecular flexibility index (Phi) is 6.15. The van der Waals surface area contributed by atoms with Crippen LogP contribution < -0.4 is 15.0 Å². The molecule has 3 aliphatic heterocycles. The molecule has 182 valence electrons. The number of nitrogens with zero attached hydrogens (tertiary/aromatic N) is 2. The lowest BCUT2D eigenvalue weighted by molar-refractivity contribution is 0.0612. The Morgan fingerprint density at radius 1 is 0.829 bits per heavy atom. The van der Waals surface area contributed by atoms with Gasteiger partial charge in [0.05, 0.1) is 12.6 Å². The lowest BCUT2D eigenvalue weighted by atomic mass is 9.69. The molecule has 6 rings (SSSR count). The SMILES string of the molecule is COc1ccc(NC2CCN3CCc4ccccc4C3(c3ccc(N4CCCCC4)cc3)C2)cc1. The summed E-state index contributed by atoms with van der Waals surface area (Å²) in [6.07, 6.45) is 7.35. The zero-order valence-electron chi connectivity index (χ0n) is 20.9. The topological polar surface area (TPSA) is 27.7 Å². The number of ether oxygens (including phenoxy) is 1. The van der Waals surface area contributed by atoms with Crippen molar-refractivity contribution in [3.63, 3.8) is 0 Å². The maximum atomic E-state index is 5.36. The zero-order valence-corrected chi connectivity index (χ0v) is 20.9. The molecule has 4 nitrogen and oxygen atoms in total. The molecule has 4 heteroatoms. The van der Waals surface area contributed by atoms with Gasteiger partial charge >= 0.3 is 0 Å². The fraction of sp³-hybridized carbons (Fsp3) is 0.419. The summed E-state index contributed by atoms with van der Waals surface area (Å²) in [6.45, 7) is 4.61. The van der Waals surface area contributed by atoms with Crippen LogP contribution >= 0.6 is 0 Å². The first-order chi connectivity index (χ1) is 17.3. The highest BCUT2D eigenvalue weighted by Crippen LogP contribution is 2.48. The lowest BCUT2D eigenvalue weighted by Crippen LogP contribution is -2.57. The quantitative estimate of drug-likeness (QED) is 0.493. The molecule has 0 spiro atoms. The van der Waals surface area contributed by atoms with Crippen LogP contribution in [0, 0.1) is 0 Å². The number of fused-ring (bicyclic) bond motifs is 3. The van der Waals surface area contributed by atoms with Crippen LogP contribution in [0.5, 0.6) is 5.75 Å². The van der Waals surface area contributed by atoms with Crippen molar-refractivity contribution < 1.29 is 4.74 Å². The molecule has 0 aliphatic carbocycles. The minimum absolute atomic E-state index is 0.0857. The number of hydrogen-bond donors (Lipinski definition) is 1. The first-order valence-corrected chi connectivity index (χ1v) is 13.4. The van der Waals surface area contributed by atoms with Gasteiger partial charge in [-0.3, -0.25) is 4.90 Å². The van der Waals surface area contributed by atoms with Gasteiger partial charge in [0, 0.05) is 43.6 Å². The van der Waals surface area contributed by atoms with E-state index in [0.717, 1.165) is 38.1 Å². The van der Waals surface area contributed by atoms with Crippen LogP contribution in [0.4, 0.5) is 11.4 Å². The molecule has 2 fully saturated rings. The number of benzene rings is 3. The van der Waals surface area contributed by atoms with Crippen molar-refractivity contribution in [1.82, 2.24) is 4.90 Å². The summed E-state index contributed by atoms with van der Waals surface area (Å²) in [5.74, 6) is 0.900. The van der Waals surface area contributed by atoms with Crippen molar-refractivity contribution in [3.8, 4) is 5.75 Å². The van der Waals surface area contributed by atoms with Crippen molar-refractivity contribution in [2.45, 2.75) is 50.1 Å². The summed E-state index contributed by atoms with van der Waals surface area (Å²) < 4.78 is 5.36. The van der Waals surface area contributed by atoms with E-state index in [1.807, 2.05) is 12.1 Å². The average Bonchev–Trinajstić information content (AvgIpc) is 2.94. The van der Waals surface area contributed by atoms with Gasteiger partial charge in [0.1, 0.15) is 5.75 Å². The molecule has 0 saturated carbocycles. The molecule has 1 N–H and O–H groups in total. The van der Waals surface area contributed by atoms with Crippen LogP contribution in [0.25, 0.3) is 0 Å². The Morgan fingerprint density at radius 2 is 1.60 bits per heavy atom. The van der Waals surface area contributed by atoms with E-state index in [9.17, 15) is 0 Å². The first kappa shape index (κ1) is 22.5. The Labute approximate surface area is 209 Å². The van der Waals surface area contributed by atoms with Gasteiger partial charge in [-0.2, -0.15) is 0 Å². The van der Waals surface area contributed by atoms with Crippen LogP contribution in [-0.2, 0) is 12.0 Å². The minimum atomic E-state index is -0.0857. The highest BCUT2D eigenvalue weighted by atomic mass is 16.5. The van der Waals surface area contributed by atoms with E-state index < -0.39 is 0 Å². The summed E-state index contributed by atoms with van der Waals surface area (Å²) in [5, 5.41) is 3.86. The Balaban J connectivity index is 1.35. The van der Waals surface area contributed by atoms with E-state index >= 15 is 0 Å². The molecule has 2 unspecified atom stereocenters. The van der Waals surface area contributed by atoms with Gasteiger partial charge in [0.15, 0.2) is 0 Å². The highest BCUT2D eigenvalue weighted by molar-refractivity contribution is 5.54. The second-order valence-electron chi connectivity index (χ2n) is 10.4. The van der Waals surface area contributed by atoms with Crippen molar-refractivity contribution in [3.05, 3.63) is 89.5 Å². The molecule has 0 aromatic heterocycles. The number of anilines is 2. The molecule has 3 aromatic rings. The summed E-state index contributed by atoms with van der Waals surface area (Å²) in [5.41, 5.74) is 6.91. The van der Waals surface area contributed by atoms with E-state index in [0.29, 0.717) is 6.04 Å². The van der Waals surface area contributed by atoms with Crippen LogP contribution in [0.3, 0.4) is 0 Å². The molecular formula is C31H37N3O. The summed E-state index contributed by atoms with van der Waals surface area (Å²) in [7, 11) is 1.72. The van der Waals surface area contributed by atoms with Gasteiger partial charge in [0.2, 0.25) is 0 Å². The largest absolute Gasteiger partial charge is 0.497 e. The van der Waals surface area contributed by atoms with Crippen molar-refractivity contribution in [2.75, 3.05) is 43.5 Å². The summed E-state index contributed by atoms with van der Waals surface area (Å²) in [6, 6.07) is 27.6. The van der Waals surface area contributed by atoms with Crippen molar-refractivity contribution in [2.24, 2.45) is 0 Å². The third-order valence-corrected chi connectivity index (χ3v) is 8.47. The smallest absolute Gasteiger partial charge is 0.119 e. The molecule has 3 aromatic carbocycles. The number of nitrogens with one attached hydrogen (secondary N) is 1. The van der Waals surface area contributed by atoms with Crippen molar-refractivity contribution >= 4 is 11.4 Å². The average molecular weight is 468 g/mol. The number of rotatable bonds is 5. The van der Waals surface area contributed by atoms with Gasteiger partial charge in [-0.15, -0.1) is 0 Å². The summed E-state index contributed by atoms with van der Waals surface area (Å²) >= 11 is 0. The summed E-state index contributed by atoms with van der Waals surface area (Å²) in [4.78, 5) is 5.32. The Hall–Kier alpha value is -2.98. The van der Waals surface area contributed by atoms with E-state index in [4.69, 9.17) is 4.74 Å². The maximum absolute atomic E-state index is 5.36. The third kappa shape index (κ3) is 4.18. The van der Waals surface area contributed by atoms with Gasteiger partial charge in [0.25, 0.3) is 0 Å². The van der Waals surface area contributed by atoms with Gasteiger partial charge in [-0.25, -0.2) is 0 Å². The fourth-order valence-electron chi connectivity index (χ4n) is 6.67. The predicted molar refractivity (Wildman–Crippen MR) is 145 cm³/mol. The van der Waals surface area contributed by atoms with Gasteiger partial charge in [-0.05, 0) is 91.6 Å². The Bertz CT molecular complexity index is 1140. The molecular weight excluding hydrogens is 430 g/mol. The predicted octanol–water partition coefficient (Wildman–Crippen LogP) is 6.06. The number of methoxy groups -OCH3 is 1. The lowest BCUT2D eigenvalue weighted by Gasteiger charge is -2.54. The molecule has 35 heavy (non-hydrogen) atoms. The van der Waals surface area contributed by atoms with Crippen molar-refractivity contribution in [1.29, 1.82) is 0 Å². The van der Waals surface area contributed by atoms with Gasteiger partial charge in [-0.1, -0.05) is 36.4 Å².